The summed E-state index contributed by atoms with van der Waals surface area (Å²) in [6.45, 7) is 5.97. The number of carbonyl (C=O) groups is 2. The summed E-state index contributed by atoms with van der Waals surface area (Å²) in [5.41, 5.74) is 1.68. The Balaban J connectivity index is 1.26. The van der Waals surface area contributed by atoms with Gasteiger partial charge in [-0.1, -0.05) is 17.4 Å². The van der Waals surface area contributed by atoms with Crippen molar-refractivity contribution >= 4 is 56.0 Å². The summed E-state index contributed by atoms with van der Waals surface area (Å²) in [7, 11) is 0. The lowest BCUT2D eigenvalue weighted by atomic mass is 9.97. The molecule has 0 aliphatic carbocycles. The van der Waals surface area contributed by atoms with Gasteiger partial charge in [0, 0.05) is 39.3 Å². The molecule has 3 aliphatic rings. The van der Waals surface area contributed by atoms with Crippen LogP contribution in [-0.4, -0.2) is 84.4 Å². The molecule has 6 rings (SSSR count). The van der Waals surface area contributed by atoms with Crippen LogP contribution in [0.15, 0.2) is 24.3 Å². The third-order valence-corrected chi connectivity index (χ3v) is 8.72. The van der Waals surface area contributed by atoms with E-state index in [4.69, 9.17) is 14.7 Å². The van der Waals surface area contributed by atoms with Gasteiger partial charge in [0.25, 0.3) is 5.91 Å². The molecule has 3 aliphatic heterocycles. The van der Waals surface area contributed by atoms with E-state index in [9.17, 15) is 14.7 Å². The van der Waals surface area contributed by atoms with E-state index in [0.717, 1.165) is 54.7 Å². The Labute approximate surface area is 230 Å². The molecule has 3 aromatic rings. The summed E-state index contributed by atoms with van der Waals surface area (Å²) in [6.07, 6.45) is 4.51. The van der Waals surface area contributed by atoms with Crippen molar-refractivity contribution in [3.63, 3.8) is 0 Å². The number of hydrogen-bond donors (Lipinski definition) is 2. The highest BCUT2D eigenvalue weighted by Gasteiger charge is 2.26. The van der Waals surface area contributed by atoms with Crippen LogP contribution in [0.1, 0.15) is 42.6 Å². The molecule has 0 saturated carbocycles. The zero-order valence-electron chi connectivity index (χ0n) is 21.8. The van der Waals surface area contributed by atoms with Crippen LogP contribution in [0.25, 0.3) is 10.3 Å². The van der Waals surface area contributed by atoms with Gasteiger partial charge >= 0.3 is 5.97 Å². The van der Waals surface area contributed by atoms with Crippen molar-refractivity contribution in [2.45, 2.75) is 32.1 Å². The quantitative estimate of drug-likeness (QED) is 0.471. The lowest BCUT2D eigenvalue weighted by Crippen LogP contribution is -2.37. The summed E-state index contributed by atoms with van der Waals surface area (Å²) in [5, 5.41) is 13.3. The second-order valence-corrected chi connectivity index (χ2v) is 11.3. The molecule has 3 aromatic heterocycles. The number of pyridine rings is 2. The van der Waals surface area contributed by atoms with Gasteiger partial charge in [-0.15, -0.1) is 0 Å². The fourth-order valence-electron chi connectivity index (χ4n) is 5.44. The number of nitrogens with zero attached hydrogens (tertiary/aromatic N) is 6. The molecular weight excluding hydrogens is 518 g/mol. The van der Waals surface area contributed by atoms with Crippen molar-refractivity contribution in [3.05, 3.63) is 30.0 Å². The number of amides is 1. The molecular formula is C27H33N7O4S. The van der Waals surface area contributed by atoms with Gasteiger partial charge in [0.05, 0.1) is 29.5 Å². The Hall–Kier alpha value is -3.51. The monoisotopic (exact) mass is 551 g/mol. The van der Waals surface area contributed by atoms with Gasteiger partial charge in [-0.05, 0) is 50.3 Å². The van der Waals surface area contributed by atoms with E-state index in [1.165, 1.54) is 6.42 Å². The number of piperidine rings is 2. The summed E-state index contributed by atoms with van der Waals surface area (Å²) in [6, 6.07) is 7.39. The average molecular weight is 552 g/mol. The molecule has 206 valence electrons. The standard InChI is InChI=1S/C27H33N7O4S/c35-25(19-5-4-6-22(28-19)32-11-7-18(8-12-32)26(36)37)29-20-17-21-23(30-24(20)33-9-2-1-3-10-33)31-27(39-21)34-13-15-38-16-14-34/h4-6,17-18H,1-3,7-16H2,(H,29,35)(H,36,37). The van der Waals surface area contributed by atoms with Crippen molar-refractivity contribution in [3.8, 4) is 0 Å². The van der Waals surface area contributed by atoms with Crippen LogP contribution in [-0.2, 0) is 9.53 Å². The average Bonchev–Trinajstić information content (AvgIpc) is 3.41. The number of thiazole rings is 1. The molecule has 0 spiro atoms. The maximum absolute atomic E-state index is 13.5. The first-order valence-electron chi connectivity index (χ1n) is 13.7. The van der Waals surface area contributed by atoms with Gasteiger partial charge in [-0.3, -0.25) is 9.59 Å². The lowest BCUT2D eigenvalue weighted by Gasteiger charge is -2.31. The largest absolute Gasteiger partial charge is 0.481 e. The van der Waals surface area contributed by atoms with Crippen LogP contribution in [0.4, 0.5) is 22.5 Å². The molecule has 0 radical (unpaired) electrons. The minimum atomic E-state index is -0.746. The molecule has 1 amide bonds. The van der Waals surface area contributed by atoms with E-state index >= 15 is 0 Å². The van der Waals surface area contributed by atoms with Crippen LogP contribution in [0.2, 0.25) is 0 Å². The highest BCUT2D eigenvalue weighted by molar-refractivity contribution is 7.22. The maximum atomic E-state index is 13.5. The van der Waals surface area contributed by atoms with E-state index in [2.05, 4.69) is 20.1 Å². The van der Waals surface area contributed by atoms with Crippen molar-refractivity contribution in [1.82, 2.24) is 15.0 Å². The number of anilines is 4. The van der Waals surface area contributed by atoms with Crippen molar-refractivity contribution < 1.29 is 19.4 Å². The Morgan fingerprint density at radius 2 is 1.69 bits per heavy atom. The first-order valence-corrected chi connectivity index (χ1v) is 14.5. The molecule has 12 heteroatoms. The van der Waals surface area contributed by atoms with Crippen molar-refractivity contribution in [2.24, 2.45) is 5.92 Å². The number of ether oxygens (including phenoxy) is 1. The molecule has 6 heterocycles. The first-order chi connectivity index (χ1) is 19.0. The van der Waals surface area contributed by atoms with Crippen molar-refractivity contribution in [2.75, 3.05) is 72.5 Å². The molecule has 2 N–H and O–H groups in total. The van der Waals surface area contributed by atoms with Crippen LogP contribution in [0.3, 0.4) is 0 Å². The Morgan fingerprint density at radius 3 is 2.44 bits per heavy atom. The molecule has 11 nitrogen and oxygen atoms in total. The number of hydrogen-bond acceptors (Lipinski definition) is 10. The SMILES string of the molecule is O=C(Nc1cc2sc(N3CCOCC3)nc2nc1N1CCCCC1)c1cccc(N2CCC(C(=O)O)CC2)n1. The molecule has 39 heavy (non-hydrogen) atoms. The number of aromatic nitrogens is 3. The van der Waals surface area contributed by atoms with Gasteiger partial charge in [0.15, 0.2) is 16.6 Å². The van der Waals surface area contributed by atoms with E-state index in [0.29, 0.717) is 62.0 Å². The minimum Gasteiger partial charge on any atom is -0.481 e. The number of aliphatic carboxylic acids is 1. The first kappa shape index (κ1) is 25.8. The zero-order valence-corrected chi connectivity index (χ0v) is 22.7. The van der Waals surface area contributed by atoms with Gasteiger partial charge in [0.2, 0.25) is 0 Å². The van der Waals surface area contributed by atoms with Gasteiger partial charge in [-0.2, -0.15) is 4.98 Å². The Morgan fingerprint density at radius 1 is 0.923 bits per heavy atom. The van der Waals surface area contributed by atoms with Gasteiger partial charge in [-0.25, -0.2) is 9.97 Å². The third kappa shape index (κ3) is 5.62. The Kier molecular flexibility index (Phi) is 7.47. The topological polar surface area (TPSA) is 124 Å². The highest BCUT2D eigenvalue weighted by Crippen LogP contribution is 2.35. The fraction of sp³-hybridized carbons (Fsp3) is 0.519. The van der Waals surface area contributed by atoms with Crippen LogP contribution in [0, 0.1) is 5.92 Å². The molecule has 0 atom stereocenters. The maximum Gasteiger partial charge on any atom is 0.306 e. The second-order valence-electron chi connectivity index (χ2n) is 10.3. The van der Waals surface area contributed by atoms with Crippen LogP contribution >= 0.6 is 11.3 Å². The number of carbonyl (C=O) groups excluding carboxylic acids is 1. The van der Waals surface area contributed by atoms with E-state index < -0.39 is 5.97 Å². The van der Waals surface area contributed by atoms with E-state index in [1.807, 2.05) is 23.1 Å². The predicted molar refractivity (Wildman–Crippen MR) is 151 cm³/mol. The molecule has 0 aromatic carbocycles. The predicted octanol–water partition coefficient (Wildman–Crippen LogP) is 3.47. The van der Waals surface area contributed by atoms with Crippen LogP contribution < -0.4 is 20.0 Å². The van der Waals surface area contributed by atoms with E-state index in [-0.39, 0.29) is 11.8 Å². The lowest BCUT2D eigenvalue weighted by molar-refractivity contribution is -0.142. The Bertz CT molecular complexity index is 1350. The van der Waals surface area contributed by atoms with E-state index in [1.54, 1.807) is 17.4 Å². The zero-order chi connectivity index (χ0) is 26.8. The van der Waals surface area contributed by atoms with Gasteiger partial charge < -0.3 is 29.9 Å². The molecule has 3 saturated heterocycles. The summed E-state index contributed by atoms with van der Waals surface area (Å²) in [5.74, 6) is 0.0764. The number of rotatable bonds is 6. The normalized spacial score (nSPS) is 18.9. The number of carboxylic acids is 1. The summed E-state index contributed by atoms with van der Waals surface area (Å²) < 4.78 is 6.42. The number of carboxylic acid groups (broad SMARTS) is 1. The second kappa shape index (κ2) is 11.3. The minimum absolute atomic E-state index is 0.297. The molecule has 0 unspecified atom stereocenters. The smallest absolute Gasteiger partial charge is 0.306 e. The number of nitrogens with one attached hydrogen (secondary N) is 1. The number of morpholine rings is 1. The third-order valence-electron chi connectivity index (χ3n) is 7.67. The number of fused-ring (bicyclic) bond motifs is 1. The molecule has 3 fully saturated rings. The summed E-state index contributed by atoms with van der Waals surface area (Å²) in [4.78, 5) is 45.7. The van der Waals surface area contributed by atoms with Crippen LogP contribution in [0.5, 0.6) is 0 Å². The van der Waals surface area contributed by atoms with Gasteiger partial charge in [0.1, 0.15) is 11.5 Å². The van der Waals surface area contributed by atoms with Crippen molar-refractivity contribution in [1.29, 1.82) is 0 Å². The molecule has 0 bridgehead atoms. The highest BCUT2D eigenvalue weighted by atomic mass is 32.1. The summed E-state index contributed by atoms with van der Waals surface area (Å²) >= 11 is 1.58. The fourth-order valence-corrected chi connectivity index (χ4v) is 6.44.